The third kappa shape index (κ3) is 7.51. The highest BCUT2D eigenvalue weighted by Gasteiger charge is 2.08. The van der Waals surface area contributed by atoms with E-state index < -0.39 is 5.97 Å². The summed E-state index contributed by atoms with van der Waals surface area (Å²) >= 11 is 0. The monoisotopic (exact) mass is 204 g/mol. The van der Waals surface area contributed by atoms with E-state index >= 15 is 0 Å². The first kappa shape index (κ1) is 12.9. The first-order valence-corrected chi connectivity index (χ1v) is 4.40. The van der Waals surface area contributed by atoms with Crippen LogP contribution in [0.15, 0.2) is 0 Å². The van der Waals surface area contributed by atoms with Gasteiger partial charge in [-0.3, -0.25) is 14.5 Å². The summed E-state index contributed by atoms with van der Waals surface area (Å²) in [4.78, 5) is 21.9. The van der Waals surface area contributed by atoms with Gasteiger partial charge in [0.15, 0.2) is 0 Å². The lowest BCUT2D eigenvalue weighted by molar-refractivity contribution is -0.138. The zero-order valence-electron chi connectivity index (χ0n) is 8.02. The summed E-state index contributed by atoms with van der Waals surface area (Å²) in [5.74, 6) is -0.895. The number of nitrogens with two attached hydrogens (primary N) is 1. The Morgan fingerprint density at radius 3 is 2.71 bits per heavy atom. The number of carbonyl (C=O) groups is 2. The number of hydrogen-bond acceptors (Lipinski definition) is 5. The first-order chi connectivity index (χ1) is 6.70. The van der Waals surface area contributed by atoms with Gasteiger partial charge >= 0.3 is 5.97 Å². The quantitative estimate of drug-likeness (QED) is 0.365. The van der Waals surface area contributed by atoms with Gasteiger partial charge in [0.2, 0.25) is 0 Å². The van der Waals surface area contributed by atoms with E-state index in [-0.39, 0.29) is 13.2 Å². The number of aliphatic carboxylic acids is 1. The minimum absolute atomic E-state index is 0.0534. The molecule has 0 spiro atoms. The Balaban J connectivity index is 3.71. The molecule has 0 unspecified atom stereocenters. The Kier molecular flexibility index (Phi) is 7.77. The Labute approximate surface area is 82.6 Å². The molecule has 0 aromatic rings. The van der Waals surface area contributed by atoms with Gasteiger partial charge in [-0.1, -0.05) is 0 Å². The van der Waals surface area contributed by atoms with E-state index in [4.69, 9.17) is 10.8 Å². The van der Waals surface area contributed by atoms with Gasteiger partial charge in [-0.25, -0.2) is 0 Å². The van der Waals surface area contributed by atoms with Crippen molar-refractivity contribution >= 4 is 12.4 Å². The van der Waals surface area contributed by atoms with Gasteiger partial charge in [0.1, 0.15) is 6.61 Å². The largest absolute Gasteiger partial charge is 0.480 e. The lowest BCUT2D eigenvalue weighted by Crippen LogP contribution is -2.34. The number of ether oxygens (including phenoxy) is 1. The summed E-state index contributed by atoms with van der Waals surface area (Å²) in [6, 6.07) is 0. The molecule has 82 valence electrons. The second-order valence-corrected chi connectivity index (χ2v) is 2.78. The lowest BCUT2D eigenvalue weighted by Gasteiger charge is -2.18. The maximum Gasteiger partial charge on any atom is 0.317 e. The predicted octanol–water partition coefficient (Wildman–Crippen LogP) is -1.11. The molecule has 0 amide bonds. The number of hydrogen-bond donors (Lipinski definition) is 2. The third-order valence-electron chi connectivity index (χ3n) is 1.63. The van der Waals surface area contributed by atoms with Crippen molar-refractivity contribution in [1.29, 1.82) is 0 Å². The van der Waals surface area contributed by atoms with Crippen molar-refractivity contribution in [2.45, 2.75) is 6.42 Å². The summed E-state index contributed by atoms with van der Waals surface area (Å²) in [5.41, 5.74) is 5.30. The summed E-state index contributed by atoms with van der Waals surface area (Å²) in [6.07, 6.45) is 0.731. The molecule has 6 nitrogen and oxygen atoms in total. The number of rotatable bonds is 9. The van der Waals surface area contributed by atoms with Gasteiger partial charge in [0, 0.05) is 13.1 Å². The van der Waals surface area contributed by atoms with Gasteiger partial charge in [0.25, 0.3) is 6.47 Å². The number of nitrogens with zero attached hydrogens (tertiary/aromatic N) is 1. The molecule has 0 aliphatic carbocycles. The van der Waals surface area contributed by atoms with E-state index in [1.807, 2.05) is 0 Å². The van der Waals surface area contributed by atoms with Crippen LogP contribution in [0.1, 0.15) is 6.42 Å². The summed E-state index contributed by atoms with van der Waals surface area (Å²) in [7, 11) is 0. The average Bonchev–Trinajstić information content (AvgIpc) is 2.13. The topological polar surface area (TPSA) is 92.9 Å². The van der Waals surface area contributed by atoms with Crippen molar-refractivity contribution in [2.75, 3.05) is 32.8 Å². The molecule has 3 N–H and O–H groups in total. The minimum atomic E-state index is -0.895. The summed E-state index contributed by atoms with van der Waals surface area (Å²) < 4.78 is 4.48. The normalized spacial score (nSPS) is 10.1. The molecule has 0 fully saturated rings. The molecule has 0 saturated carbocycles. The first-order valence-electron chi connectivity index (χ1n) is 4.40. The molecule has 0 bridgehead atoms. The van der Waals surface area contributed by atoms with E-state index in [1.54, 1.807) is 4.90 Å². The standard InChI is InChI=1S/C8H16N2O4/c9-2-1-3-10(6-8(12)13)4-5-14-7-11/h7H,1-6,9H2,(H,12,13). The summed E-state index contributed by atoms with van der Waals surface area (Å²) in [5, 5.41) is 8.56. The van der Waals surface area contributed by atoms with Crippen molar-refractivity contribution in [1.82, 2.24) is 4.90 Å². The zero-order chi connectivity index (χ0) is 10.8. The second kappa shape index (κ2) is 8.46. The van der Waals surface area contributed by atoms with Crippen LogP contribution in [0, 0.1) is 0 Å². The van der Waals surface area contributed by atoms with E-state index in [1.165, 1.54) is 0 Å². The van der Waals surface area contributed by atoms with Crippen molar-refractivity contribution in [3.63, 3.8) is 0 Å². The van der Waals surface area contributed by atoms with Gasteiger partial charge in [-0.2, -0.15) is 0 Å². The fourth-order valence-electron chi connectivity index (χ4n) is 1.01. The maximum atomic E-state index is 10.4. The van der Waals surface area contributed by atoms with Crippen LogP contribution in [0.2, 0.25) is 0 Å². The smallest absolute Gasteiger partial charge is 0.317 e. The Bertz CT molecular complexity index is 175. The predicted molar refractivity (Wildman–Crippen MR) is 49.8 cm³/mol. The molecule has 0 aliphatic rings. The number of carbonyl (C=O) groups excluding carboxylic acids is 1. The van der Waals surface area contributed by atoms with E-state index in [0.717, 1.165) is 6.42 Å². The van der Waals surface area contributed by atoms with Crippen LogP contribution in [-0.2, 0) is 14.3 Å². The Morgan fingerprint density at radius 1 is 1.50 bits per heavy atom. The molecule has 14 heavy (non-hydrogen) atoms. The van der Waals surface area contributed by atoms with Crippen LogP contribution in [0.5, 0.6) is 0 Å². The van der Waals surface area contributed by atoms with Crippen LogP contribution >= 0.6 is 0 Å². The number of carboxylic acid groups (broad SMARTS) is 1. The molecule has 0 heterocycles. The molecule has 0 aliphatic heterocycles. The molecule has 0 atom stereocenters. The van der Waals surface area contributed by atoms with E-state index in [2.05, 4.69) is 4.74 Å². The third-order valence-corrected chi connectivity index (χ3v) is 1.63. The molecule has 0 radical (unpaired) electrons. The van der Waals surface area contributed by atoms with Crippen molar-refractivity contribution in [3.8, 4) is 0 Å². The fourth-order valence-corrected chi connectivity index (χ4v) is 1.01. The summed E-state index contributed by atoms with van der Waals surface area (Å²) in [6.45, 7) is 2.05. The van der Waals surface area contributed by atoms with Crippen LogP contribution in [0.3, 0.4) is 0 Å². The number of carboxylic acids is 1. The molecule has 0 aromatic carbocycles. The van der Waals surface area contributed by atoms with Gasteiger partial charge < -0.3 is 15.6 Å². The fraction of sp³-hybridized carbons (Fsp3) is 0.750. The van der Waals surface area contributed by atoms with E-state index in [9.17, 15) is 9.59 Å². The second-order valence-electron chi connectivity index (χ2n) is 2.78. The van der Waals surface area contributed by atoms with Crippen LogP contribution in [0.4, 0.5) is 0 Å². The Hall–Kier alpha value is -1.14. The van der Waals surface area contributed by atoms with Gasteiger partial charge in [-0.15, -0.1) is 0 Å². The highest BCUT2D eigenvalue weighted by atomic mass is 16.5. The molecular weight excluding hydrogens is 188 g/mol. The average molecular weight is 204 g/mol. The molecular formula is C8H16N2O4. The maximum absolute atomic E-state index is 10.4. The van der Waals surface area contributed by atoms with Crippen molar-refractivity contribution < 1.29 is 19.4 Å². The van der Waals surface area contributed by atoms with Crippen LogP contribution in [-0.4, -0.2) is 55.2 Å². The van der Waals surface area contributed by atoms with E-state index in [0.29, 0.717) is 26.1 Å². The zero-order valence-corrected chi connectivity index (χ0v) is 8.02. The lowest BCUT2D eigenvalue weighted by atomic mass is 10.3. The van der Waals surface area contributed by atoms with Crippen molar-refractivity contribution in [2.24, 2.45) is 5.73 Å². The molecule has 0 rings (SSSR count). The minimum Gasteiger partial charge on any atom is -0.480 e. The SMILES string of the molecule is NCCCN(CCOC=O)CC(=O)O. The highest BCUT2D eigenvalue weighted by molar-refractivity contribution is 5.69. The van der Waals surface area contributed by atoms with Crippen LogP contribution in [0.25, 0.3) is 0 Å². The van der Waals surface area contributed by atoms with Gasteiger partial charge in [0.05, 0.1) is 6.54 Å². The van der Waals surface area contributed by atoms with Crippen LogP contribution < -0.4 is 5.73 Å². The molecule has 6 heteroatoms. The highest BCUT2D eigenvalue weighted by Crippen LogP contribution is 1.90. The Morgan fingerprint density at radius 2 is 2.21 bits per heavy atom. The molecule has 0 saturated heterocycles. The molecule has 0 aromatic heterocycles. The van der Waals surface area contributed by atoms with Crippen molar-refractivity contribution in [3.05, 3.63) is 0 Å². The van der Waals surface area contributed by atoms with Gasteiger partial charge in [-0.05, 0) is 13.0 Å².